The summed E-state index contributed by atoms with van der Waals surface area (Å²) in [6.45, 7) is 0. The Balaban J connectivity index is 1.75. The summed E-state index contributed by atoms with van der Waals surface area (Å²) in [4.78, 5) is 37.5. The Hall–Kier alpha value is -2.51. The molecule has 2 aromatic carbocycles. The molecule has 0 fully saturated rings. The van der Waals surface area contributed by atoms with E-state index in [0.29, 0.717) is 11.3 Å². The fraction of sp³-hybridized carbons (Fsp3) is 0. The third-order valence-electron chi connectivity index (χ3n) is 3.70. The number of rotatable bonds is 4. The lowest BCUT2D eigenvalue weighted by molar-refractivity contribution is -0.120. The van der Waals surface area contributed by atoms with E-state index in [-0.39, 0.29) is 20.5 Å². The van der Waals surface area contributed by atoms with E-state index in [9.17, 15) is 19.5 Å². The lowest BCUT2D eigenvalue weighted by Crippen LogP contribution is -2.30. The number of nitrogens with zero attached hydrogens (tertiary/aromatic N) is 1. The van der Waals surface area contributed by atoms with Crippen LogP contribution in [0.2, 0.25) is 0 Å². The molecule has 0 aromatic heterocycles. The summed E-state index contributed by atoms with van der Waals surface area (Å²) in [5.41, 5.74) is 1.58. The van der Waals surface area contributed by atoms with E-state index in [1.54, 1.807) is 42.5 Å². The molecule has 7 heteroatoms. The van der Waals surface area contributed by atoms with E-state index in [0.717, 1.165) is 10.5 Å². The molecule has 0 bridgehead atoms. The summed E-state index contributed by atoms with van der Waals surface area (Å²) in [6, 6.07) is 12.7. The maximum Gasteiger partial charge on any atom is 0.273 e. The quantitative estimate of drug-likeness (QED) is 0.408. The molecule has 1 aliphatic rings. The van der Waals surface area contributed by atoms with Crippen molar-refractivity contribution in [3.05, 3.63) is 74.7 Å². The number of aromatic hydroxyl groups is 1. The number of carbonyl (C=O) groups is 3. The van der Waals surface area contributed by atoms with Crippen LogP contribution in [0.15, 0.2) is 63.6 Å². The van der Waals surface area contributed by atoms with E-state index >= 15 is 0 Å². The molecule has 2 amide bonds. The van der Waals surface area contributed by atoms with Gasteiger partial charge in [-0.1, -0.05) is 18.2 Å². The van der Waals surface area contributed by atoms with E-state index < -0.39 is 11.8 Å². The van der Waals surface area contributed by atoms with Crippen molar-refractivity contribution in [3.63, 3.8) is 0 Å². The van der Waals surface area contributed by atoms with Crippen LogP contribution < -0.4 is 4.90 Å². The van der Waals surface area contributed by atoms with Crippen LogP contribution in [-0.2, 0) is 9.59 Å². The third kappa shape index (κ3) is 3.54. The van der Waals surface area contributed by atoms with Crippen molar-refractivity contribution in [2.75, 3.05) is 4.90 Å². The van der Waals surface area contributed by atoms with Crippen molar-refractivity contribution in [2.24, 2.45) is 0 Å². The van der Waals surface area contributed by atoms with Crippen molar-refractivity contribution in [1.82, 2.24) is 0 Å². The lowest BCUT2D eigenvalue weighted by Gasteiger charge is -2.14. The van der Waals surface area contributed by atoms with Crippen LogP contribution in [-0.4, -0.2) is 22.7 Å². The smallest absolute Gasteiger partial charge is 0.273 e. The van der Waals surface area contributed by atoms with Gasteiger partial charge in [0.1, 0.15) is 14.7 Å². The molecule has 0 atom stereocenters. The molecule has 0 radical (unpaired) electrons. The second-order valence-corrected chi connectivity index (χ2v) is 7.00. The first-order chi connectivity index (χ1) is 12.4. The van der Waals surface area contributed by atoms with Gasteiger partial charge in [-0.2, -0.15) is 0 Å². The summed E-state index contributed by atoms with van der Waals surface area (Å²) in [5, 5.41) is 9.25. The molecule has 26 heavy (non-hydrogen) atoms. The van der Waals surface area contributed by atoms with E-state index in [1.165, 1.54) is 18.2 Å². The normalized spacial score (nSPS) is 14.6. The molecule has 2 aromatic rings. The van der Waals surface area contributed by atoms with Crippen molar-refractivity contribution >= 4 is 61.2 Å². The van der Waals surface area contributed by atoms with Gasteiger partial charge in [-0.15, -0.1) is 0 Å². The zero-order valence-corrected chi connectivity index (χ0v) is 16.3. The van der Waals surface area contributed by atoms with Gasteiger partial charge in [-0.25, -0.2) is 4.90 Å². The molecule has 5 nitrogen and oxygen atoms in total. The zero-order valence-electron chi connectivity index (χ0n) is 13.1. The number of phenolic OH excluding ortho intramolecular Hbond substituents is 1. The average Bonchev–Trinajstić information content (AvgIpc) is 2.84. The van der Waals surface area contributed by atoms with Gasteiger partial charge in [-0.3, -0.25) is 14.4 Å². The molecule has 0 aliphatic carbocycles. The van der Waals surface area contributed by atoms with Gasteiger partial charge in [-0.05, 0) is 79.9 Å². The van der Waals surface area contributed by atoms with Gasteiger partial charge in [0.15, 0.2) is 5.78 Å². The topological polar surface area (TPSA) is 74.7 Å². The number of amides is 2. The second kappa shape index (κ2) is 7.39. The van der Waals surface area contributed by atoms with Crippen molar-refractivity contribution < 1.29 is 19.5 Å². The average molecular weight is 477 g/mol. The number of allylic oxidation sites excluding steroid dienone is 1. The third-order valence-corrected chi connectivity index (χ3v) is 5.71. The van der Waals surface area contributed by atoms with Gasteiger partial charge in [0, 0.05) is 5.56 Å². The second-order valence-electron chi connectivity index (χ2n) is 5.41. The van der Waals surface area contributed by atoms with Gasteiger partial charge in [0.2, 0.25) is 0 Å². The Morgan fingerprint density at radius 3 is 1.96 bits per heavy atom. The van der Waals surface area contributed by atoms with E-state index in [2.05, 4.69) is 31.9 Å². The minimum atomic E-state index is -0.465. The maximum atomic E-state index is 12.2. The number of hydrogen-bond donors (Lipinski definition) is 1. The minimum absolute atomic E-state index is 0.155. The van der Waals surface area contributed by atoms with Crippen molar-refractivity contribution in [3.8, 4) is 5.75 Å². The highest BCUT2D eigenvalue weighted by Crippen LogP contribution is 2.33. The van der Waals surface area contributed by atoms with Gasteiger partial charge in [0.05, 0.1) is 5.69 Å². The lowest BCUT2D eigenvalue weighted by atomic mass is 10.1. The number of hydrogen-bond acceptors (Lipinski definition) is 4. The zero-order chi connectivity index (χ0) is 18.8. The van der Waals surface area contributed by atoms with Crippen LogP contribution >= 0.6 is 31.9 Å². The van der Waals surface area contributed by atoms with Gasteiger partial charge < -0.3 is 5.11 Å². The summed E-state index contributed by atoms with van der Waals surface area (Å²) in [6.07, 6.45) is 3.06. The summed E-state index contributed by atoms with van der Waals surface area (Å²) >= 11 is 6.15. The van der Waals surface area contributed by atoms with Crippen LogP contribution in [0.4, 0.5) is 5.69 Å². The molecule has 0 saturated carbocycles. The fourth-order valence-electron chi connectivity index (χ4n) is 2.34. The molecule has 3 rings (SSSR count). The van der Waals surface area contributed by atoms with Crippen molar-refractivity contribution in [2.45, 2.75) is 0 Å². The molecule has 1 N–H and O–H groups in total. The van der Waals surface area contributed by atoms with Crippen LogP contribution in [0, 0.1) is 0 Å². The number of benzene rings is 2. The molecule has 1 aliphatic heterocycles. The Morgan fingerprint density at radius 2 is 1.42 bits per heavy atom. The van der Waals surface area contributed by atoms with Gasteiger partial charge in [0.25, 0.3) is 11.8 Å². The standard InChI is InChI=1S/C19H11Br2NO4/c20-16-17(21)19(26)22(18(16)25)13-6-4-12(5-7-13)15(24)10-3-11-1-8-14(23)9-2-11/h1-10,23H/b10-3+. The first-order valence-corrected chi connectivity index (χ1v) is 9.02. The number of anilines is 1. The Bertz CT molecular complexity index is 936. The van der Waals surface area contributed by atoms with Crippen LogP contribution in [0.25, 0.3) is 6.08 Å². The first-order valence-electron chi connectivity index (χ1n) is 7.44. The Morgan fingerprint density at radius 1 is 0.885 bits per heavy atom. The molecule has 130 valence electrons. The van der Waals surface area contributed by atoms with Crippen LogP contribution in [0.3, 0.4) is 0 Å². The first kappa shape index (κ1) is 18.3. The SMILES string of the molecule is O=C(/C=C/c1ccc(O)cc1)c1ccc(N2C(=O)C(Br)=C(Br)C2=O)cc1. The van der Waals surface area contributed by atoms with Crippen molar-refractivity contribution in [1.29, 1.82) is 0 Å². The summed E-state index contributed by atoms with van der Waals surface area (Å²) in [5.74, 6) is -0.992. The molecule has 0 saturated heterocycles. The molecule has 0 spiro atoms. The summed E-state index contributed by atoms with van der Waals surface area (Å²) in [7, 11) is 0. The molecule has 1 heterocycles. The number of halogens is 2. The van der Waals surface area contributed by atoms with Crippen LogP contribution in [0.5, 0.6) is 5.75 Å². The highest BCUT2D eigenvalue weighted by Gasteiger charge is 2.36. The summed E-state index contributed by atoms with van der Waals surface area (Å²) < 4.78 is 0.332. The van der Waals surface area contributed by atoms with Gasteiger partial charge >= 0.3 is 0 Å². The molecular weight excluding hydrogens is 466 g/mol. The molecular formula is C19H11Br2NO4. The van der Waals surface area contributed by atoms with E-state index in [1.807, 2.05) is 0 Å². The number of phenols is 1. The predicted octanol–water partition coefficient (Wildman–Crippen LogP) is 4.16. The number of ketones is 1. The minimum Gasteiger partial charge on any atom is -0.508 e. The monoisotopic (exact) mass is 475 g/mol. The Kier molecular flexibility index (Phi) is 5.20. The number of imide groups is 1. The maximum absolute atomic E-state index is 12.2. The fourth-order valence-corrected chi connectivity index (χ4v) is 3.03. The highest BCUT2D eigenvalue weighted by molar-refractivity contribution is 9.14. The van der Waals surface area contributed by atoms with E-state index in [4.69, 9.17) is 0 Å². The molecule has 0 unspecified atom stereocenters. The predicted molar refractivity (Wildman–Crippen MR) is 105 cm³/mol. The Labute approximate surface area is 165 Å². The number of carbonyl (C=O) groups excluding carboxylic acids is 3. The highest BCUT2D eigenvalue weighted by atomic mass is 79.9. The van der Waals surface area contributed by atoms with Crippen LogP contribution in [0.1, 0.15) is 15.9 Å². The largest absolute Gasteiger partial charge is 0.508 e.